The Bertz CT molecular complexity index is 743. The zero-order chi connectivity index (χ0) is 20.5. The maximum Gasteiger partial charge on any atom is 0.162 e. The molecule has 0 radical (unpaired) electrons. The van der Waals surface area contributed by atoms with Gasteiger partial charge in [-0.05, 0) is 69.3 Å². The minimum Gasteiger partial charge on any atom is -0.490 e. The summed E-state index contributed by atoms with van der Waals surface area (Å²) in [6.45, 7) is 5.05. The van der Waals surface area contributed by atoms with Crippen molar-refractivity contribution < 1.29 is 13.9 Å². The van der Waals surface area contributed by atoms with Gasteiger partial charge in [0.2, 0.25) is 0 Å². The monoisotopic (exact) mass is 398 g/mol. The fourth-order valence-corrected chi connectivity index (χ4v) is 3.66. The van der Waals surface area contributed by atoms with E-state index in [9.17, 15) is 9.18 Å². The van der Waals surface area contributed by atoms with Crippen LogP contribution in [0, 0.1) is 5.82 Å². The number of carbonyl (C=O) groups is 1. The lowest BCUT2D eigenvalue weighted by molar-refractivity contribution is 0.0938. The average molecular weight is 399 g/mol. The van der Waals surface area contributed by atoms with Crippen LogP contribution in [-0.4, -0.2) is 61.5 Å². The van der Waals surface area contributed by atoms with E-state index >= 15 is 0 Å². The number of nitrogens with zero attached hydrogens (tertiary/aromatic N) is 2. The number of piperidine rings is 1. The third-order valence-electron chi connectivity index (χ3n) is 5.49. The molecule has 0 unspecified atom stereocenters. The van der Waals surface area contributed by atoms with Gasteiger partial charge in [-0.2, -0.15) is 0 Å². The van der Waals surface area contributed by atoms with Crippen molar-refractivity contribution in [1.82, 2.24) is 9.80 Å². The first-order valence-corrected chi connectivity index (χ1v) is 10.5. The lowest BCUT2D eigenvalue weighted by Gasteiger charge is -2.33. The summed E-state index contributed by atoms with van der Waals surface area (Å²) in [5, 5.41) is 0. The number of likely N-dealkylation sites (N-methyl/N-ethyl adjacent to an activating group) is 1. The van der Waals surface area contributed by atoms with Crippen molar-refractivity contribution in [2.24, 2.45) is 0 Å². The van der Waals surface area contributed by atoms with Gasteiger partial charge in [-0.3, -0.25) is 4.79 Å². The summed E-state index contributed by atoms with van der Waals surface area (Å²) in [4.78, 5) is 16.9. The van der Waals surface area contributed by atoms with Crippen LogP contribution in [0.2, 0.25) is 0 Å². The van der Waals surface area contributed by atoms with Crippen molar-refractivity contribution in [3.63, 3.8) is 0 Å². The molecule has 1 heterocycles. The molecule has 1 aliphatic heterocycles. The highest BCUT2D eigenvalue weighted by molar-refractivity contribution is 5.95. The topological polar surface area (TPSA) is 32.8 Å². The molecule has 0 atom stereocenters. The van der Waals surface area contributed by atoms with Crippen molar-refractivity contribution in [3.8, 4) is 5.75 Å². The summed E-state index contributed by atoms with van der Waals surface area (Å²) in [5.41, 5.74) is 0.592. The first-order valence-electron chi connectivity index (χ1n) is 10.5. The minimum atomic E-state index is -0.308. The molecule has 0 spiro atoms. The third-order valence-corrected chi connectivity index (χ3v) is 5.49. The van der Waals surface area contributed by atoms with Gasteiger partial charge in [-0.25, -0.2) is 4.39 Å². The summed E-state index contributed by atoms with van der Waals surface area (Å²) in [6, 6.07) is 15.9. The number of benzene rings is 2. The van der Waals surface area contributed by atoms with E-state index in [0.717, 1.165) is 57.7 Å². The average Bonchev–Trinajstić information content (AvgIpc) is 2.74. The fraction of sp³-hybridized carbons (Fsp3) is 0.458. The Morgan fingerprint density at radius 1 is 1.07 bits per heavy atom. The van der Waals surface area contributed by atoms with Crippen LogP contribution in [0.15, 0.2) is 54.6 Å². The number of ether oxygens (including phenoxy) is 1. The Labute approximate surface area is 173 Å². The molecule has 156 valence electrons. The molecule has 1 aliphatic rings. The largest absolute Gasteiger partial charge is 0.490 e. The summed E-state index contributed by atoms with van der Waals surface area (Å²) in [7, 11) is 2.10. The maximum absolute atomic E-state index is 12.9. The van der Waals surface area contributed by atoms with E-state index < -0.39 is 0 Å². The smallest absolute Gasteiger partial charge is 0.162 e. The summed E-state index contributed by atoms with van der Waals surface area (Å²) < 4.78 is 19.0. The molecule has 2 aromatic rings. The van der Waals surface area contributed by atoms with Crippen LogP contribution in [0.3, 0.4) is 0 Å². The zero-order valence-electron chi connectivity index (χ0n) is 17.2. The van der Waals surface area contributed by atoms with Crippen LogP contribution in [0.4, 0.5) is 4.39 Å². The fourth-order valence-electron chi connectivity index (χ4n) is 3.66. The zero-order valence-corrected chi connectivity index (χ0v) is 17.2. The second kappa shape index (κ2) is 11.1. The number of likely N-dealkylation sites (tertiary alicyclic amines) is 1. The number of halogens is 1. The molecule has 5 heteroatoms. The molecule has 0 amide bonds. The molecular weight excluding hydrogens is 367 g/mol. The van der Waals surface area contributed by atoms with E-state index in [1.807, 2.05) is 30.3 Å². The molecule has 0 aliphatic carbocycles. The van der Waals surface area contributed by atoms with Crippen LogP contribution in [0.5, 0.6) is 5.75 Å². The quantitative estimate of drug-likeness (QED) is 0.560. The van der Waals surface area contributed by atoms with E-state index in [1.165, 1.54) is 12.1 Å². The molecular formula is C24H31FN2O2. The van der Waals surface area contributed by atoms with Gasteiger partial charge in [0.1, 0.15) is 17.7 Å². The molecule has 29 heavy (non-hydrogen) atoms. The van der Waals surface area contributed by atoms with Crippen LogP contribution < -0.4 is 4.74 Å². The molecule has 2 aromatic carbocycles. The lowest BCUT2D eigenvalue weighted by atomic mass is 10.1. The number of hydrogen-bond acceptors (Lipinski definition) is 4. The van der Waals surface area contributed by atoms with E-state index in [0.29, 0.717) is 18.1 Å². The lowest BCUT2D eigenvalue weighted by Crippen LogP contribution is -2.41. The summed E-state index contributed by atoms with van der Waals surface area (Å²) in [5.74, 6) is 0.733. The van der Waals surface area contributed by atoms with Gasteiger partial charge in [0, 0.05) is 38.2 Å². The van der Waals surface area contributed by atoms with Gasteiger partial charge in [0.05, 0.1) is 0 Å². The highest BCUT2D eigenvalue weighted by atomic mass is 19.1. The highest BCUT2D eigenvalue weighted by Gasteiger charge is 2.20. The van der Waals surface area contributed by atoms with Crippen LogP contribution >= 0.6 is 0 Å². The van der Waals surface area contributed by atoms with Gasteiger partial charge in [0.15, 0.2) is 5.78 Å². The molecule has 1 saturated heterocycles. The third kappa shape index (κ3) is 7.26. The van der Waals surface area contributed by atoms with Crippen LogP contribution in [-0.2, 0) is 0 Å². The van der Waals surface area contributed by atoms with Gasteiger partial charge in [0.25, 0.3) is 0 Å². The van der Waals surface area contributed by atoms with Gasteiger partial charge >= 0.3 is 0 Å². The number of ketones is 1. The van der Waals surface area contributed by atoms with Crippen LogP contribution in [0.25, 0.3) is 0 Å². The van der Waals surface area contributed by atoms with Gasteiger partial charge in [-0.15, -0.1) is 0 Å². The van der Waals surface area contributed by atoms with Crippen molar-refractivity contribution in [2.75, 3.05) is 39.8 Å². The van der Waals surface area contributed by atoms with Crippen molar-refractivity contribution in [2.45, 2.75) is 31.8 Å². The predicted octanol–water partition coefficient (Wildman–Crippen LogP) is 4.26. The van der Waals surface area contributed by atoms with E-state index in [-0.39, 0.29) is 11.6 Å². The first kappa shape index (κ1) is 21.5. The Hall–Kier alpha value is -2.24. The summed E-state index contributed by atoms with van der Waals surface area (Å²) in [6.07, 6.45) is 3.75. The Morgan fingerprint density at radius 2 is 1.76 bits per heavy atom. The molecule has 0 bridgehead atoms. The Morgan fingerprint density at radius 3 is 2.45 bits per heavy atom. The number of Topliss-reactive ketones (excluding diaryl/α,β-unsaturated/α-hetero) is 1. The number of rotatable bonds is 10. The number of hydrogen-bond donors (Lipinski definition) is 0. The van der Waals surface area contributed by atoms with Gasteiger partial charge in [-0.1, -0.05) is 18.2 Å². The summed E-state index contributed by atoms with van der Waals surface area (Å²) >= 11 is 0. The highest BCUT2D eigenvalue weighted by Crippen LogP contribution is 2.18. The molecule has 4 nitrogen and oxygen atoms in total. The molecule has 0 N–H and O–H groups in total. The van der Waals surface area contributed by atoms with Crippen molar-refractivity contribution in [1.29, 1.82) is 0 Å². The van der Waals surface area contributed by atoms with Crippen molar-refractivity contribution in [3.05, 3.63) is 66.0 Å². The molecule has 0 aromatic heterocycles. The molecule has 1 fully saturated rings. The standard InChI is InChI=1S/C24H31FN2O2/c1-26(15-5-8-24(28)20-9-11-21(25)12-10-20)18-19-27-16-13-23(14-17-27)29-22-6-3-2-4-7-22/h2-4,6-7,9-12,23H,5,8,13-19H2,1H3. The van der Waals surface area contributed by atoms with Crippen LogP contribution in [0.1, 0.15) is 36.0 Å². The van der Waals surface area contributed by atoms with E-state index in [2.05, 4.69) is 16.8 Å². The normalized spacial score (nSPS) is 15.6. The Kier molecular flexibility index (Phi) is 8.20. The van der Waals surface area contributed by atoms with Gasteiger partial charge < -0.3 is 14.5 Å². The molecule has 3 rings (SSSR count). The second-order valence-corrected chi connectivity index (χ2v) is 7.81. The maximum atomic E-state index is 12.9. The molecule has 0 saturated carbocycles. The predicted molar refractivity (Wildman–Crippen MR) is 114 cm³/mol. The first-order chi connectivity index (χ1) is 14.1. The minimum absolute atomic E-state index is 0.0823. The number of para-hydroxylation sites is 1. The Balaban J connectivity index is 1.27. The van der Waals surface area contributed by atoms with E-state index in [4.69, 9.17) is 4.74 Å². The van der Waals surface area contributed by atoms with Crippen molar-refractivity contribution >= 4 is 5.78 Å². The van der Waals surface area contributed by atoms with E-state index in [1.54, 1.807) is 12.1 Å². The number of carbonyl (C=O) groups excluding carboxylic acids is 1. The SMILES string of the molecule is CN(CCCC(=O)c1ccc(F)cc1)CCN1CCC(Oc2ccccc2)CC1. The second-order valence-electron chi connectivity index (χ2n) is 7.81.